The Kier molecular flexibility index (Phi) is 6.64. The molecule has 0 bridgehead atoms. The summed E-state index contributed by atoms with van der Waals surface area (Å²) < 4.78 is 0. The minimum Gasteiger partial charge on any atom is -0.328 e. The molecule has 1 saturated carbocycles. The van der Waals surface area contributed by atoms with Gasteiger partial charge in [-0.3, -0.25) is 9.59 Å². The van der Waals surface area contributed by atoms with E-state index in [9.17, 15) is 9.59 Å². The van der Waals surface area contributed by atoms with Gasteiger partial charge >= 0.3 is 0 Å². The first-order chi connectivity index (χ1) is 14.5. The van der Waals surface area contributed by atoms with E-state index < -0.39 is 6.04 Å². The predicted octanol–water partition coefficient (Wildman–Crippen LogP) is 5.63. The van der Waals surface area contributed by atoms with E-state index in [1.807, 2.05) is 41.3 Å². The van der Waals surface area contributed by atoms with E-state index in [1.165, 1.54) is 12.8 Å². The van der Waals surface area contributed by atoms with Gasteiger partial charge in [0.2, 0.25) is 5.91 Å². The Hall–Kier alpha value is -2.04. The van der Waals surface area contributed by atoms with E-state index in [2.05, 4.69) is 0 Å². The summed E-state index contributed by atoms with van der Waals surface area (Å²) in [5.41, 5.74) is 1.62. The lowest BCUT2D eigenvalue weighted by atomic mass is 9.97. The van der Waals surface area contributed by atoms with Crippen molar-refractivity contribution in [3.63, 3.8) is 0 Å². The van der Waals surface area contributed by atoms with E-state index in [0.717, 1.165) is 36.8 Å². The highest BCUT2D eigenvalue weighted by Gasteiger charge is 2.42. The van der Waals surface area contributed by atoms with Crippen LogP contribution in [0, 0.1) is 0 Å². The van der Waals surface area contributed by atoms with Crippen LogP contribution in [-0.4, -0.2) is 34.2 Å². The molecule has 2 aliphatic rings. The second-order valence-corrected chi connectivity index (χ2v) is 9.02. The predicted molar refractivity (Wildman–Crippen MR) is 119 cm³/mol. The van der Waals surface area contributed by atoms with Gasteiger partial charge in [0.1, 0.15) is 12.6 Å². The lowest BCUT2D eigenvalue weighted by molar-refractivity contribution is -0.159. The summed E-state index contributed by atoms with van der Waals surface area (Å²) >= 11 is 12.4. The van der Waals surface area contributed by atoms with Gasteiger partial charge in [-0.15, -0.1) is 0 Å². The van der Waals surface area contributed by atoms with E-state index in [0.29, 0.717) is 16.6 Å². The summed E-state index contributed by atoms with van der Waals surface area (Å²) in [5, 5.41) is 1.20. The van der Waals surface area contributed by atoms with Gasteiger partial charge in [0, 0.05) is 22.6 Å². The van der Waals surface area contributed by atoms with Crippen LogP contribution in [0.15, 0.2) is 48.5 Å². The molecule has 2 aromatic carbocycles. The first-order valence-electron chi connectivity index (χ1n) is 10.6. The number of carbonyl (C=O) groups is 2. The Morgan fingerprint density at radius 2 is 1.53 bits per heavy atom. The van der Waals surface area contributed by atoms with Crippen LogP contribution in [0.4, 0.5) is 0 Å². The average molecular weight is 445 g/mol. The van der Waals surface area contributed by atoms with Crippen molar-refractivity contribution < 1.29 is 9.59 Å². The van der Waals surface area contributed by atoms with Crippen LogP contribution in [0.2, 0.25) is 10.0 Å². The molecule has 30 heavy (non-hydrogen) atoms. The molecule has 0 aromatic heterocycles. The van der Waals surface area contributed by atoms with Crippen molar-refractivity contribution in [1.29, 1.82) is 0 Å². The molecular weight excluding hydrogens is 419 g/mol. The van der Waals surface area contributed by atoms with Crippen LogP contribution < -0.4 is 0 Å². The van der Waals surface area contributed by atoms with Crippen molar-refractivity contribution in [3.8, 4) is 0 Å². The highest BCUT2D eigenvalue weighted by Crippen LogP contribution is 2.34. The molecule has 2 aromatic rings. The van der Waals surface area contributed by atoms with Crippen molar-refractivity contribution in [3.05, 3.63) is 69.7 Å². The molecule has 2 amide bonds. The Morgan fingerprint density at radius 1 is 0.867 bits per heavy atom. The molecule has 158 valence electrons. The van der Waals surface area contributed by atoms with Crippen LogP contribution in [0.5, 0.6) is 0 Å². The summed E-state index contributed by atoms with van der Waals surface area (Å²) in [6.07, 6.45) is 6.56. The normalized spacial score (nSPS) is 21.1. The lowest BCUT2D eigenvalue weighted by Crippen LogP contribution is -2.57. The minimum atomic E-state index is -0.664. The van der Waals surface area contributed by atoms with Crippen molar-refractivity contribution in [2.75, 3.05) is 6.54 Å². The van der Waals surface area contributed by atoms with E-state index >= 15 is 0 Å². The van der Waals surface area contributed by atoms with Crippen molar-refractivity contribution in [1.82, 2.24) is 9.80 Å². The molecular formula is C24H26Cl2N2O2. The fourth-order valence-electron chi connectivity index (χ4n) is 4.58. The number of amides is 2. The highest BCUT2D eigenvalue weighted by atomic mass is 35.5. The zero-order valence-electron chi connectivity index (χ0n) is 16.9. The Bertz CT molecular complexity index is 908. The smallest absolute Gasteiger partial charge is 0.250 e. The maximum atomic E-state index is 13.7. The molecule has 0 spiro atoms. The summed E-state index contributed by atoms with van der Waals surface area (Å²) in [7, 11) is 0. The molecule has 1 saturated heterocycles. The van der Waals surface area contributed by atoms with Gasteiger partial charge in [0.15, 0.2) is 0 Å². The number of carbonyl (C=O) groups excluding carboxylic acids is 2. The maximum Gasteiger partial charge on any atom is 0.250 e. The number of nitrogens with zero attached hydrogens (tertiary/aromatic N) is 2. The molecule has 6 heteroatoms. The van der Waals surface area contributed by atoms with E-state index in [1.54, 1.807) is 17.0 Å². The first kappa shape index (κ1) is 21.2. The average Bonchev–Trinajstić information content (AvgIpc) is 3.02. The van der Waals surface area contributed by atoms with Gasteiger partial charge in [0.25, 0.3) is 5.91 Å². The highest BCUT2D eigenvalue weighted by molar-refractivity contribution is 6.31. The molecule has 4 rings (SSSR count). The molecule has 4 nitrogen and oxygen atoms in total. The van der Waals surface area contributed by atoms with E-state index in [-0.39, 0.29) is 24.4 Å². The fourth-order valence-corrected chi connectivity index (χ4v) is 4.91. The van der Waals surface area contributed by atoms with Crippen LogP contribution in [-0.2, 0) is 16.1 Å². The van der Waals surface area contributed by atoms with Crippen LogP contribution in [0.3, 0.4) is 0 Å². The van der Waals surface area contributed by atoms with E-state index in [4.69, 9.17) is 23.2 Å². The molecule has 1 aliphatic heterocycles. The van der Waals surface area contributed by atoms with Crippen molar-refractivity contribution in [2.45, 2.75) is 57.2 Å². The maximum absolute atomic E-state index is 13.7. The van der Waals surface area contributed by atoms with Gasteiger partial charge in [-0.05, 0) is 42.2 Å². The summed E-state index contributed by atoms with van der Waals surface area (Å²) in [6.45, 7) is 0.439. The van der Waals surface area contributed by atoms with Gasteiger partial charge in [-0.2, -0.15) is 0 Å². The van der Waals surface area contributed by atoms with Crippen molar-refractivity contribution >= 4 is 35.0 Å². The molecule has 2 fully saturated rings. The Morgan fingerprint density at radius 3 is 2.20 bits per heavy atom. The lowest BCUT2D eigenvalue weighted by Gasteiger charge is -2.43. The Labute approximate surface area is 187 Å². The Balaban J connectivity index is 1.68. The quantitative estimate of drug-likeness (QED) is 0.573. The van der Waals surface area contributed by atoms with Crippen LogP contribution >= 0.6 is 23.2 Å². The van der Waals surface area contributed by atoms with Crippen LogP contribution in [0.1, 0.15) is 55.7 Å². The monoisotopic (exact) mass is 444 g/mol. The molecule has 0 radical (unpaired) electrons. The first-order valence-corrected chi connectivity index (χ1v) is 11.4. The number of halogens is 2. The third-order valence-electron chi connectivity index (χ3n) is 6.20. The van der Waals surface area contributed by atoms with Crippen molar-refractivity contribution in [2.24, 2.45) is 0 Å². The van der Waals surface area contributed by atoms with Gasteiger partial charge in [-0.25, -0.2) is 0 Å². The zero-order chi connectivity index (χ0) is 21.1. The fraction of sp³-hybridized carbons (Fsp3) is 0.417. The number of hydrogen-bond acceptors (Lipinski definition) is 2. The van der Waals surface area contributed by atoms with Gasteiger partial charge in [0.05, 0.1) is 0 Å². The summed E-state index contributed by atoms with van der Waals surface area (Å²) in [4.78, 5) is 30.5. The zero-order valence-corrected chi connectivity index (χ0v) is 18.4. The standard InChI is InChI=1S/C24H26Cl2N2O2/c25-19-13-11-17(12-14-19)23-24(30)27(20-8-3-1-2-4-9-20)16-22(29)28(23)15-18-7-5-6-10-21(18)26/h5-7,10-14,20,23H,1-4,8-9,15-16H2/t23-/m0/s1. The molecule has 1 aliphatic carbocycles. The largest absolute Gasteiger partial charge is 0.328 e. The number of benzene rings is 2. The molecule has 1 heterocycles. The molecule has 0 unspecified atom stereocenters. The number of rotatable bonds is 4. The minimum absolute atomic E-state index is 0.00382. The molecule has 1 atom stereocenters. The van der Waals surface area contributed by atoms with Gasteiger partial charge in [-0.1, -0.05) is 79.2 Å². The SMILES string of the molecule is O=C1[C@H](c2ccc(Cl)cc2)N(Cc2ccccc2Cl)C(=O)CN1C1CCCCCC1. The topological polar surface area (TPSA) is 40.6 Å². The number of hydrogen-bond donors (Lipinski definition) is 0. The van der Waals surface area contributed by atoms with Gasteiger partial charge < -0.3 is 9.80 Å². The summed E-state index contributed by atoms with van der Waals surface area (Å²) in [5.74, 6) is -0.0467. The second-order valence-electron chi connectivity index (χ2n) is 8.18. The molecule has 0 N–H and O–H groups in total. The van der Waals surface area contributed by atoms with Crippen LogP contribution in [0.25, 0.3) is 0 Å². The third kappa shape index (κ3) is 4.50. The second kappa shape index (κ2) is 9.40. The third-order valence-corrected chi connectivity index (χ3v) is 6.83. The number of piperazine rings is 1. The summed E-state index contributed by atoms with van der Waals surface area (Å²) in [6, 6.07) is 14.2.